The summed E-state index contributed by atoms with van der Waals surface area (Å²) in [5, 5.41) is 14.0. The van der Waals surface area contributed by atoms with Gasteiger partial charge in [0.2, 0.25) is 0 Å². The van der Waals surface area contributed by atoms with Crippen molar-refractivity contribution < 1.29 is 18.1 Å². The molecule has 1 aliphatic heterocycles. The largest absolute Gasteiger partial charge is 0.346 e. The Hall–Kier alpha value is -2.75. The molecular formula is C15H16N4O5S. The van der Waals surface area contributed by atoms with Gasteiger partial charge in [-0.05, 0) is 25.5 Å². The van der Waals surface area contributed by atoms with Gasteiger partial charge in [0.05, 0.1) is 28.3 Å². The van der Waals surface area contributed by atoms with Crippen molar-refractivity contribution in [1.82, 2.24) is 14.9 Å². The normalized spacial score (nSPS) is 21.8. The predicted molar refractivity (Wildman–Crippen MR) is 89.4 cm³/mol. The fourth-order valence-corrected chi connectivity index (χ4v) is 4.98. The number of benzene rings is 1. The van der Waals surface area contributed by atoms with Crippen LogP contribution >= 0.6 is 0 Å². The SMILES string of the molecule is CC1(NC(=O)c2ccc(-n3ccnc3)c([N+](=O)[O-])c2)CCS(=O)(=O)C1. The van der Waals surface area contributed by atoms with Crippen molar-refractivity contribution in [3.05, 3.63) is 52.6 Å². The van der Waals surface area contributed by atoms with Gasteiger partial charge in [-0.15, -0.1) is 0 Å². The van der Waals surface area contributed by atoms with Gasteiger partial charge in [-0.3, -0.25) is 14.9 Å². The Morgan fingerprint density at radius 3 is 2.76 bits per heavy atom. The van der Waals surface area contributed by atoms with Crippen LogP contribution in [0.5, 0.6) is 0 Å². The van der Waals surface area contributed by atoms with Gasteiger partial charge in [0.25, 0.3) is 11.6 Å². The molecule has 1 aromatic carbocycles. The summed E-state index contributed by atoms with van der Waals surface area (Å²) in [5.74, 6) is -0.662. The summed E-state index contributed by atoms with van der Waals surface area (Å²) < 4.78 is 24.7. The van der Waals surface area contributed by atoms with Crippen molar-refractivity contribution in [2.24, 2.45) is 0 Å². The van der Waals surface area contributed by atoms with Gasteiger partial charge >= 0.3 is 0 Å². The highest BCUT2D eigenvalue weighted by atomic mass is 32.2. The van der Waals surface area contributed by atoms with Crippen LogP contribution in [0.4, 0.5) is 5.69 Å². The van der Waals surface area contributed by atoms with E-state index < -0.39 is 26.2 Å². The van der Waals surface area contributed by atoms with E-state index in [1.165, 1.54) is 35.3 Å². The zero-order valence-electron chi connectivity index (χ0n) is 13.4. The number of rotatable bonds is 4. The lowest BCUT2D eigenvalue weighted by molar-refractivity contribution is -0.384. The molecule has 0 spiro atoms. The van der Waals surface area contributed by atoms with Crippen LogP contribution in [0.15, 0.2) is 36.9 Å². The third-order valence-corrected chi connectivity index (χ3v) is 6.04. The summed E-state index contributed by atoms with van der Waals surface area (Å²) in [6.45, 7) is 1.66. The molecule has 3 rings (SSSR count). The molecule has 2 heterocycles. The first kappa shape index (κ1) is 17.1. The highest BCUT2D eigenvalue weighted by Gasteiger charge is 2.39. The molecule has 0 saturated carbocycles. The third kappa shape index (κ3) is 3.53. The van der Waals surface area contributed by atoms with E-state index in [1.54, 1.807) is 13.1 Å². The summed E-state index contributed by atoms with van der Waals surface area (Å²) in [5.41, 5.74) is -0.724. The first-order valence-corrected chi connectivity index (χ1v) is 9.31. The number of sulfone groups is 1. The van der Waals surface area contributed by atoms with Crippen LogP contribution in [0.25, 0.3) is 5.69 Å². The summed E-state index contributed by atoms with van der Waals surface area (Å²) in [6, 6.07) is 4.10. The summed E-state index contributed by atoms with van der Waals surface area (Å²) in [4.78, 5) is 27.1. The lowest BCUT2D eigenvalue weighted by Crippen LogP contribution is -2.46. The molecule has 0 bridgehead atoms. The number of nitro benzene ring substituents is 1. The van der Waals surface area contributed by atoms with Gasteiger partial charge in [-0.1, -0.05) is 0 Å². The topological polar surface area (TPSA) is 124 Å². The second kappa shape index (κ2) is 5.96. The minimum atomic E-state index is -3.17. The predicted octanol–water partition coefficient (Wildman–Crippen LogP) is 1.09. The molecule has 0 radical (unpaired) electrons. The van der Waals surface area contributed by atoms with E-state index in [0.717, 1.165) is 0 Å². The van der Waals surface area contributed by atoms with Crippen molar-refractivity contribution >= 4 is 21.4 Å². The van der Waals surface area contributed by atoms with Crippen molar-refractivity contribution in [1.29, 1.82) is 0 Å². The van der Waals surface area contributed by atoms with Gasteiger partial charge in [0.15, 0.2) is 9.84 Å². The van der Waals surface area contributed by atoms with E-state index in [1.807, 2.05) is 0 Å². The fourth-order valence-electron chi connectivity index (χ4n) is 2.89. The first-order chi connectivity index (χ1) is 11.7. The molecule has 9 nitrogen and oxygen atoms in total. The van der Waals surface area contributed by atoms with E-state index >= 15 is 0 Å². The molecule has 1 amide bonds. The maximum Gasteiger partial charge on any atom is 0.294 e. The molecule has 132 valence electrons. The minimum absolute atomic E-state index is 0.0174. The van der Waals surface area contributed by atoms with Crippen molar-refractivity contribution in [2.75, 3.05) is 11.5 Å². The van der Waals surface area contributed by atoms with E-state index in [2.05, 4.69) is 10.3 Å². The van der Waals surface area contributed by atoms with Crippen LogP contribution in [0.3, 0.4) is 0 Å². The van der Waals surface area contributed by atoms with Crippen LogP contribution < -0.4 is 5.32 Å². The van der Waals surface area contributed by atoms with E-state index in [-0.39, 0.29) is 28.4 Å². The van der Waals surface area contributed by atoms with Gasteiger partial charge in [-0.25, -0.2) is 13.4 Å². The van der Waals surface area contributed by atoms with E-state index in [4.69, 9.17) is 0 Å². The number of nitrogens with one attached hydrogen (secondary N) is 1. The summed E-state index contributed by atoms with van der Waals surface area (Å²) >= 11 is 0. The molecule has 1 aromatic heterocycles. The Labute approximate surface area is 143 Å². The number of nitro groups is 1. The molecule has 10 heteroatoms. The molecular weight excluding hydrogens is 348 g/mol. The Bertz CT molecular complexity index is 939. The smallest absolute Gasteiger partial charge is 0.294 e. The van der Waals surface area contributed by atoms with E-state index in [0.29, 0.717) is 6.42 Å². The lowest BCUT2D eigenvalue weighted by atomic mass is 10.0. The maximum atomic E-state index is 12.4. The van der Waals surface area contributed by atoms with Gasteiger partial charge in [0.1, 0.15) is 5.69 Å². The zero-order chi connectivity index (χ0) is 18.2. The zero-order valence-corrected chi connectivity index (χ0v) is 14.2. The molecule has 1 aliphatic rings. The van der Waals surface area contributed by atoms with Crippen molar-refractivity contribution in [3.8, 4) is 5.69 Å². The molecule has 1 N–H and O–H groups in total. The maximum absolute atomic E-state index is 12.4. The number of imidazole rings is 1. The van der Waals surface area contributed by atoms with Crippen molar-refractivity contribution in [3.63, 3.8) is 0 Å². The average molecular weight is 364 g/mol. The number of carbonyl (C=O) groups is 1. The van der Waals surface area contributed by atoms with Crippen LogP contribution in [0, 0.1) is 10.1 Å². The van der Waals surface area contributed by atoms with Crippen LogP contribution in [0.1, 0.15) is 23.7 Å². The van der Waals surface area contributed by atoms with Crippen LogP contribution in [-0.2, 0) is 9.84 Å². The van der Waals surface area contributed by atoms with Crippen molar-refractivity contribution in [2.45, 2.75) is 18.9 Å². The molecule has 1 fully saturated rings. The fraction of sp³-hybridized carbons (Fsp3) is 0.333. The highest BCUT2D eigenvalue weighted by Crippen LogP contribution is 2.26. The molecule has 1 saturated heterocycles. The average Bonchev–Trinajstić information content (AvgIpc) is 3.14. The minimum Gasteiger partial charge on any atom is -0.346 e. The van der Waals surface area contributed by atoms with Gasteiger partial charge < -0.3 is 9.88 Å². The summed E-state index contributed by atoms with van der Waals surface area (Å²) in [7, 11) is -3.17. The Balaban J connectivity index is 1.89. The molecule has 2 aromatic rings. The molecule has 0 aliphatic carbocycles. The lowest BCUT2D eigenvalue weighted by Gasteiger charge is -2.23. The Kier molecular flexibility index (Phi) is 4.07. The third-order valence-electron chi connectivity index (χ3n) is 4.14. The number of amides is 1. The second-order valence-electron chi connectivity index (χ2n) is 6.29. The highest BCUT2D eigenvalue weighted by molar-refractivity contribution is 7.91. The monoisotopic (exact) mass is 364 g/mol. The molecule has 25 heavy (non-hydrogen) atoms. The van der Waals surface area contributed by atoms with Gasteiger partial charge in [-0.2, -0.15) is 0 Å². The standard InChI is InChI=1S/C15H16N4O5S/c1-15(4-7-25(23,24)9-15)17-14(20)11-2-3-12(13(8-11)19(21)22)18-6-5-16-10-18/h2-3,5-6,8,10H,4,7,9H2,1H3,(H,17,20). The number of hydrogen-bond donors (Lipinski definition) is 1. The van der Waals surface area contributed by atoms with Gasteiger partial charge in [0, 0.05) is 24.0 Å². The second-order valence-corrected chi connectivity index (χ2v) is 8.47. The Morgan fingerprint density at radius 1 is 1.44 bits per heavy atom. The first-order valence-electron chi connectivity index (χ1n) is 7.49. The molecule has 1 atom stereocenters. The number of nitrogens with zero attached hydrogens (tertiary/aromatic N) is 3. The number of aromatic nitrogens is 2. The van der Waals surface area contributed by atoms with Crippen LogP contribution in [-0.4, -0.2) is 45.8 Å². The number of hydrogen-bond acceptors (Lipinski definition) is 6. The quantitative estimate of drug-likeness (QED) is 0.639. The summed E-state index contributed by atoms with van der Waals surface area (Å²) in [6.07, 6.45) is 4.79. The number of carbonyl (C=O) groups excluding carboxylic acids is 1. The molecule has 1 unspecified atom stereocenters. The Morgan fingerprint density at radius 2 is 2.20 bits per heavy atom. The van der Waals surface area contributed by atoms with E-state index in [9.17, 15) is 23.3 Å². The van der Waals surface area contributed by atoms with Crippen LogP contribution in [0.2, 0.25) is 0 Å².